The topological polar surface area (TPSA) is 108 Å². The van der Waals surface area contributed by atoms with Crippen LogP contribution >= 0.6 is 11.8 Å². The van der Waals surface area contributed by atoms with Gasteiger partial charge >= 0.3 is 0 Å². The second-order valence-electron chi connectivity index (χ2n) is 2.73. The summed E-state index contributed by atoms with van der Waals surface area (Å²) in [5, 5.41) is 7.92. The highest BCUT2D eigenvalue weighted by Crippen LogP contribution is 2.16. The van der Waals surface area contributed by atoms with Crippen molar-refractivity contribution in [2.24, 2.45) is 11.5 Å². The van der Waals surface area contributed by atoms with Crippen LogP contribution in [0.15, 0.2) is 9.64 Å². The first kappa shape index (κ1) is 11.0. The van der Waals surface area contributed by atoms with Gasteiger partial charge in [0.2, 0.25) is 11.8 Å². The van der Waals surface area contributed by atoms with Crippen LogP contribution in [-0.4, -0.2) is 27.9 Å². The quantitative estimate of drug-likeness (QED) is 0.652. The van der Waals surface area contributed by atoms with Crippen molar-refractivity contribution in [1.82, 2.24) is 10.2 Å². The van der Waals surface area contributed by atoms with Crippen molar-refractivity contribution < 1.29 is 9.21 Å². The number of thioether (sulfide) groups is 1. The van der Waals surface area contributed by atoms with Gasteiger partial charge in [0, 0.05) is 12.7 Å². The molecule has 4 N–H and O–H groups in total. The molecule has 1 atom stereocenters. The number of aromatic nitrogens is 2. The van der Waals surface area contributed by atoms with Crippen LogP contribution in [0.4, 0.5) is 0 Å². The minimum absolute atomic E-state index is 0.485. The zero-order valence-corrected chi connectivity index (χ0v) is 8.58. The Kier molecular flexibility index (Phi) is 3.90. The Hall–Kier alpha value is -1.08. The van der Waals surface area contributed by atoms with Gasteiger partial charge < -0.3 is 15.9 Å². The third-order valence-corrected chi connectivity index (χ3v) is 2.38. The standard InChI is InChI=1S/C7H12N4O2S/c1-4-10-11-7(13-4)14-3-2-5(8)6(9)12/h5H,2-3,8H2,1H3,(H2,9,12). The highest BCUT2D eigenvalue weighted by atomic mass is 32.2. The van der Waals surface area contributed by atoms with Gasteiger partial charge in [-0.25, -0.2) is 0 Å². The molecular formula is C7H12N4O2S. The van der Waals surface area contributed by atoms with E-state index in [0.29, 0.717) is 23.3 Å². The Labute approximate surface area is 85.4 Å². The van der Waals surface area contributed by atoms with Crippen LogP contribution in [0.2, 0.25) is 0 Å². The Bertz CT molecular complexity index is 314. The number of nitrogens with two attached hydrogens (primary N) is 2. The molecule has 14 heavy (non-hydrogen) atoms. The average molecular weight is 216 g/mol. The third kappa shape index (κ3) is 3.35. The highest BCUT2D eigenvalue weighted by molar-refractivity contribution is 7.99. The van der Waals surface area contributed by atoms with Gasteiger partial charge in [-0.05, 0) is 6.42 Å². The van der Waals surface area contributed by atoms with Crippen LogP contribution in [0, 0.1) is 6.92 Å². The lowest BCUT2D eigenvalue weighted by Gasteiger charge is -2.04. The van der Waals surface area contributed by atoms with Gasteiger partial charge in [0.15, 0.2) is 0 Å². The first-order chi connectivity index (χ1) is 6.59. The Morgan fingerprint density at radius 3 is 2.86 bits per heavy atom. The number of carbonyl (C=O) groups is 1. The molecule has 6 nitrogen and oxygen atoms in total. The maximum absolute atomic E-state index is 10.6. The summed E-state index contributed by atoms with van der Waals surface area (Å²) < 4.78 is 5.11. The smallest absolute Gasteiger partial charge is 0.276 e. The molecular weight excluding hydrogens is 204 g/mol. The van der Waals surface area contributed by atoms with Crippen LogP contribution in [0.3, 0.4) is 0 Å². The fourth-order valence-electron chi connectivity index (χ4n) is 0.752. The normalized spacial score (nSPS) is 12.7. The van der Waals surface area contributed by atoms with Gasteiger partial charge in [-0.15, -0.1) is 10.2 Å². The summed E-state index contributed by atoms with van der Waals surface area (Å²) in [6, 6.07) is -0.605. The van der Waals surface area contributed by atoms with E-state index in [-0.39, 0.29) is 0 Å². The number of aryl methyl sites for hydroxylation is 1. The molecule has 0 fully saturated rings. The van der Waals surface area contributed by atoms with E-state index < -0.39 is 11.9 Å². The molecule has 1 heterocycles. The summed E-state index contributed by atoms with van der Waals surface area (Å²) in [4.78, 5) is 10.6. The van der Waals surface area contributed by atoms with Gasteiger partial charge in [0.1, 0.15) is 0 Å². The van der Waals surface area contributed by atoms with Gasteiger partial charge in [-0.3, -0.25) is 4.79 Å². The summed E-state index contributed by atoms with van der Waals surface area (Å²) in [7, 11) is 0. The molecule has 78 valence electrons. The molecule has 0 aliphatic rings. The molecule has 0 radical (unpaired) electrons. The van der Waals surface area contributed by atoms with Crippen molar-refractivity contribution >= 4 is 17.7 Å². The number of hydrogen-bond acceptors (Lipinski definition) is 6. The second kappa shape index (κ2) is 4.97. The second-order valence-corrected chi connectivity index (χ2v) is 3.78. The van der Waals surface area contributed by atoms with E-state index in [9.17, 15) is 4.79 Å². The molecule has 0 aliphatic carbocycles. The van der Waals surface area contributed by atoms with E-state index in [1.165, 1.54) is 11.8 Å². The molecule has 0 saturated heterocycles. The molecule has 0 aliphatic heterocycles. The van der Waals surface area contributed by atoms with Crippen molar-refractivity contribution in [2.75, 3.05) is 5.75 Å². The van der Waals surface area contributed by atoms with E-state index in [1.807, 2.05) is 0 Å². The van der Waals surface area contributed by atoms with E-state index in [4.69, 9.17) is 15.9 Å². The van der Waals surface area contributed by atoms with Crippen molar-refractivity contribution in [3.05, 3.63) is 5.89 Å². The predicted octanol–water partition coefficient (Wildman–Crippen LogP) is -0.327. The fraction of sp³-hybridized carbons (Fsp3) is 0.571. The monoisotopic (exact) mass is 216 g/mol. The SMILES string of the molecule is Cc1nnc(SCCC(N)C(N)=O)o1. The average Bonchev–Trinajstić information content (AvgIpc) is 2.51. The van der Waals surface area contributed by atoms with Crippen LogP contribution in [0.5, 0.6) is 0 Å². The van der Waals surface area contributed by atoms with E-state index >= 15 is 0 Å². The first-order valence-corrected chi connectivity index (χ1v) is 5.06. The highest BCUT2D eigenvalue weighted by Gasteiger charge is 2.10. The number of rotatable bonds is 5. The maximum atomic E-state index is 10.6. The molecule has 7 heteroatoms. The number of carbonyl (C=O) groups excluding carboxylic acids is 1. The lowest BCUT2D eigenvalue weighted by Crippen LogP contribution is -2.36. The van der Waals surface area contributed by atoms with Gasteiger partial charge in [-0.2, -0.15) is 0 Å². The fourth-order valence-corrected chi connectivity index (χ4v) is 1.58. The summed E-state index contributed by atoms with van der Waals surface area (Å²) >= 11 is 1.36. The number of amides is 1. The summed E-state index contributed by atoms with van der Waals surface area (Å²) in [6.07, 6.45) is 0.501. The molecule has 0 saturated carbocycles. The molecule has 0 spiro atoms. The largest absolute Gasteiger partial charge is 0.416 e. The molecule has 1 rings (SSSR count). The summed E-state index contributed by atoms with van der Waals surface area (Å²) in [5.41, 5.74) is 10.4. The van der Waals surface area contributed by atoms with Gasteiger partial charge in [0.25, 0.3) is 5.22 Å². The van der Waals surface area contributed by atoms with Crippen LogP contribution in [-0.2, 0) is 4.79 Å². The van der Waals surface area contributed by atoms with E-state index in [1.54, 1.807) is 6.92 Å². The number of nitrogens with zero attached hydrogens (tertiary/aromatic N) is 2. The number of primary amides is 1. The Morgan fingerprint density at radius 2 is 2.36 bits per heavy atom. The van der Waals surface area contributed by atoms with Crippen LogP contribution in [0.1, 0.15) is 12.3 Å². The summed E-state index contributed by atoms with van der Waals surface area (Å²) in [6.45, 7) is 1.71. The van der Waals surface area contributed by atoms with Crippen molar-refractivity contribution in [2.45, 2.75) is 24.6 Å². The minimum atomic E-state index is -0.605. The minimum Gasteiger partial charge on any atom is -0.416 e. The number of hydrogen-bond donors (Lipinski definition) is 2. The predicted molar refractivity (Wildman–Crippen MR) is 51.5 cm³/mol. The lowest BCUT2D eigenvalue weighted by atomic mass is 10.2. The van der Waals surface area contributed by atoms with E-state index in [0.717, 1.165) is 0 Å². The molecule has 0 aromatic carbocycles. The van der Waals surface area contributed by atoms with Crippen molar-refractivity contribution in [1.29, 1.82) is 0 Å². The maximum Gasteiger partial charge on any atom is 0.276 e. The molecule has 1 amide bonds. The zero-order chi connectivity index (χ0) is 10.6. The molecule has 0 bridgehead atoms. The molecule has 1 aromatic heterocycles. The zero-order valence-electron chi connectivity index (χ0n) is 7.77. The Morgan fingerprint density at radius 1 is 1.64 bits per heavy atom. The summed E-state index contributed by atoms with van der Waals surface area (Å²) in [5.74, 6) is 0.658. The van der Waals surface area contributed by atoms with Gasteiger partial charge in [-0.1, -0.05) is 11.8 Å². The van der Waals surface area contributed by atoms with E-state index in [2.05, 4.69) is 10.2 Å². The van der Waals surface area contributed by atoms with Crippen LogP contribution < -0.4 is 11.5 Å². The Balaban J connectivity index is 2.25. The first-order valence-electron chi connectivity index (χ1n) is 4.07. The molecule has 1 unspecified atom stereocenters. The van der Waals surface area contributed by atoms with Crippen LogP contribution in [0.25, 0.3) is 0 Å². The molecule has 1 aromatic rings. The van der Waals surface area contributed by atoms with Crippen molar-refractivity contribution in [3.63, 3.8) is 0 Å². The van der Waals surface area contributed by atoms with Gasteiger partial charge in [0.05, 0.1) is 6.04 Å². The third-order valence-electron chi connectivity index (χ3n) is 1.53. The lowest BCUT2D eigenvalue weighted by molar-refractivity contribution is -0.119. The van der Waals surface area contributed by atoms with Crippen molar-refractivity contribution in [3.8, 4) is 0 Å².